The highest BCUT2D eigenvalue weighted by Gasteiger charge is 2.27. The van der Waals surface area contributed by atoms with Crippen molar-refractivity contribution in [3.8, 4) is 0 Å². The lowest BCUT2D eigenvalue weighted by molar-refractivity contribution is 0.0609. The van der Waals surface area contributed by atoms with Crippen molar-refractivity contribution in [2.75, 3.05) is 11.9 Å². The number of hydrogen-bond donors (Lipinski definition) is 0. The predicted molar refractivity (Wildman–Crippen MR) is 93.9 cm³/mol. The molecule has 1 aliphatic rings. The molecule has 5 heteroatoms. The van der Waals surface area contributed by atoms with Crippen LogP contribution in [0.5, 0.6) is 0 Å². The number of benzene rings is 1. The first-order valence-corrected chi connectivity index (χ1v) is 9.45. The first kappa shape index (κ1) is 15.8. The van der Waals surface area contributed by atoms with E-state index in [1.807, 2.05) is 18.2 Å². The molecule has 0 aromatic heterocycles. The SMILES string of the molecule is O=C(c1cc(Br)ccc1I)N1CCCCC1CCBr. The zero-order valence-electron chi connectivity index (χ0n) is 10.5. The third-order valence-corrected chi connectivity index (χ3v) is 5.38. The van der Waals surface area contributed by atoms with Gasteiger partial charge >= 0.3 is 0 Å². The minimum Gasteiger partial charge on any atom is -0.336 e. The number of alkyl halides is 1. The zero-order valence-corrected chi connectivity index (χ0v) is 15.9. The number of hydrogen-bond acceptors (Lipinski definition) is 1. The average Bonchev–Trinajstić information content (AvgIpc) is 2.42. The van der Waals surface area contributed by atoms with Gasteiger partial charge in [-0.3, -0.25) is 4.79 Å². The lowest BCUT2D eigenvalue weighted by Crippen LogP contribution is -2.44. The Morgan fingerprint density at radius 3 is 2.95 bits per heavy atom. The second-order valence-corrected chi connectivity index (χ2v) is 7.62. The van der Waals surface area contributed by atoms with Gasteiger partial charge in [0, 0.05) is 26.0 Å². The van der Waals surface area contributed by atoms with Crippen LogP contribution in [0.25, 0.3) is 0 Å². The van der Waals surface area contributed by atoms with Crippen LogP contribution < -0.4 is 0 Å². The van der Waals surface area contributed by atoms with Crippen LogP contribution in [0.2, 0.25) is 0 Å². The van der Waals surface area contributed by atoms with E-state index in [2.05, 4.69) is 59.4 Å². The zero-order chi connectivity index (χ0) is 13.8. The van der Waals surface area contributed by atoms with Crippen LogP contribution in [-0.4, -0.2) is 28.7 Å². The molecule has 2 rings (SSSR count). The Hall–Kier alpha value is 0.380. The molecule has 0 N–H and O–H groups in total. The quantitative estimate of drug-likeness (QED) is 0.430. The summed E-state index contributed by atoms with van der Waals surface area (Å²) in [7, 11) is 0. The maximum atomic E-state index is 12.7. The minimum atomic E-state index is 0.177. The molecule has 1 fully saturated rings. The second-order valence-electron chi connectivity index (χ2n) is 4.75. The highest BCUT2D eigenvalue weighted by Crippen LogP contribution is 2.26. The first-order valence-electron chi connectivity index (χ1n) is 6.45. The maximum absolute atomic E-state index is 12.7. The number of amides is 1. The van der Waals surface area contributed by atoms with Crippen molar-refractivity contribution in [1.29, 1.82) is 0 Å². The van der Waals surface area contributed by atoms with Crippen LogP contribution >= 0.6 is 54.5 Å². The highest BCUT2D eigenvalue weighted by molar-refractivity contribution is 14.1. The second kappa shape index (κ2) is 7.41. The van der Waals surface area contributed by atoms with E-state index in [0.29, 0.717) is 6.04 Å². The summed E-state index contributed by atoms with van der Waals surface area (Å²) < 4.78 is 1.99. The van der Waals surface area contributed by atoms with Crippen molar-refractivity contribution in [3.63, 3.8) is 0 Å². The fourth-order valence-electron chi connectivity index (χ4n) is 2.51. The summed E-state index contributed by atoms with van der Waals surface area (Å²) in [4.78, 5) is 14.8. The van der Waals surface area contributed by atoms with Gasteiger partial charge < -0.3 is 4.90 Å². The van der Waals surface area contributed by atoms with Crippen molar-refractivity contribution < 1.29 is 4.79 Å². The molecule has 1 aromatic rings. The molecule has 19 heavy (non-hydrogen) atoms. The fourth-order valence-corrected chi connectivity index (χ4v) is 3.97. The van der Waals surface area contributed by atoms with E-state index in [1.54, 1.807) is 0 Å². The molecular formula is C14H16Br2INO. The molecule has 1 amide bonds. The largest absolute Gasteiger partial charge is 0.336 e. The Labute approximate surface area is 144 Å². The fraction of sp³-hybridized carbons (Fsp3) is 0.500. The lowest BCUT2D eigenvalue weighted by Gasteiger charge is -2.36. The maximum Gasteiger partial charge on any atom is 0.255 e. The van der Waals surface area contributed by atoms with E-state index in [1.165, 1.54) is 6.42 Å². The Morgan fingerprint density at radius 1 is 1.42 bits per heavy atom. The molecule has 1 saturated heterocycles. The molecule has 104 valence electrons. The van der Waals surface area contributed by atoms with Gasteiger partial charge in [0.1, 0.15) is 0 Å². The number of halogens is 3. The van der Waals surface area contributed by atoms with Gasteiger partial charge in [-0.25, -0.2) is 0 Å². The topological polar surface area (TPSA) is 20.3 Å². The average molecular weight is 501 g/mol. The molecular weight excluding hydrogens is 485 g/mol. The van der Waals surface area contributed by atoms with Gasteiger partial charge in [0.15, 0.2) is 0 Å². The number of nitrogens with zero attached hydrogens (tertiary/aromatic N) is 1. The van der Waals surface area contributed by atoms with Crippen LogP contribution in [0.15, 0.2) is 22.7 Å². The van der Waals surface area contributed by atoms with E-state index in [4.69, 9.17) is 0 Å². The van der Waals surface area contributed by atoms with Crippen molar-refractivity contribution in [2.45, 2.75) is 31.7 Å². The smallest absolute Gasteiger partial charge is 0.255 e. The minimum absolute atomic E-state index is 0.177. The summed E-state index contributed by atoms with van der Waals surface area (Å²) in [6.45, 7) is 0.888. The molecule has 2 nitrogen and oxygen atoms in total. The highest BCUT2D eigenvalue weighted by atomic mass is 127. The Kier molecular flexibility index (Phi) is 6.14. The predicted octanol–water partition coefficient (Wildman–Crippen LogP) is 4.83. The van der Waals surface area contributed by atoms with E-state index >= 15 is 0 Å². The Bertz CT molecular complexity index is 465. The molecule has 0 aliphatic carbocycles. The van der Waals surface area contributed by atoms with Crippen LogP contribution in [0.4, 0.5) is 0 Å². The van der Waals surface area contributed by atoms with Gasteiger partial charge in [0.2, 0.25) is 0 Å². The monoisotopic (exact) mass is 499 g/mol. The summed E-state index contributed by atoms with van der Waals surface area (Å²) in [5, 5.41) is 0.955. The summed E-state index contributed by atoms with van der Waals surface area (Å²) in [6, 6.07) is 6.28. The van der Waals surface area contributed by atoms with Gasteiger partial charge in [-0.15, -0.1) is 0 Å². The molecule has 1 unspecified atom stereocenters. The van der Waals surface area contributed by atoms with E-state index < -0.39 is 0 Å². The summed E-state index contributed by atoms with van der Waals surface area (Å²) in [5.74, 6) is 0.177. The molecule has 1 aliphatic heterocycles. The Morgan fingerprint density at radius 2 is 2.21 bits per heavy atom. The normalized spacial score (nSPS) is 19.5. The molecule has 1 heterocycles. The third-order valence-electron chi connectivity index (χ3n) is 3.49. The van der Waals surface area contributed by atoms with Crippen molar-refractivity contribution in [2.24, 2.45) is 0 Å². The van der Waals surface area contributed by atoms with Crippen molar-refractivity contribution in [3.05, 3.63) is 31.8 Å². The van der Waals surface area contributed by atoms with E-state index in [9.17, 15) is 4.79 Å². The lowest BCUT2D eigenvalue weighted by atomic mass is 9.99. The molecule has 0 saturated carbocycles. The number of carbonyl (C=O) groups excluding carboxylic acids is 1. The first-order chi connectivity index (χ1) is 9.13. The third kappa shape index (κ3) is 3.94. The van der Waals surface area contributed by atoms with Crippen LogP contribution in [0.1, 0.15) is 36.0 Å². The Balaban J connectivity index is 2.23. The van der Waals surface area contributed by atoms with Gasteiger partial charge in [-0.2, -0.15) is 0 Å². The standard InChI is InChI=1S/C14H16Br2INO/c15-7-6-11-3-1-2-8-18(11)14(19)12-9-10(16)4-5-13(12)17/h4-5,9,11H,1-3,6-8H2. The molecule has 0 spiro atoms. The van der Waals surface area contributed by atoms with Gasteiger partial charge in [0.05, 0.1) is 5.56 Å². The van der Waals surface area contributed by atoms with Gasteiger partial charge in [-0.05, 0) is 66.5 Å². The molecule has 1 atom stereocenters. The number of likely N-dealkylation sites (tertiary alicyclic amines) is 1. The van der Waals surface area contributed by atoms with Gasteiger partial charge in [-0.1, -0.05) is 31.9 Å². The van der Waals surface area contributed by atoms with E-state index in [0.717, 1.165) is 44.7 Å². The molecule has 0 radical (unpaired) electrons. The van der Waals surface area contributed by atoms with Crippen LogP contribution in [0, 0.1) is 3.57 Å². The number of piperidine rings is 1. The number of carbonyl (C=O) groups is 1. The van der Waals surface area contributed by atoms with Crippen LogP contribution in [0.3, 0.4) is 0 Å². The summed E-state index contributed by atoms with van der Waals surface area (Å²) in [5.41, 5.74) is 0.816. The van der Waals surface area contributed by atoms with Crippen LogP contribution in [-0.2, 0) is 0 Å². The number of rotatable bonds is 3. The van der Waals surface area contributed by atoms with E-state index in [-0.39, 0.29) is 5.91 Å². The summed E-state index contributed by atoms with van der Waals surface area (Å²) in [6.07, 6.45) is 4.52. The molecule has 1 aromatic carbocycles. The van der Waals surface area contributed by atoms with Crippen molar-refractivity contribution in [1.82, 2.24) is 4.90 Å². The van der Waals surface area contributed by atoms with Crippen molar-refractivity contribution >= 4 is 60.4 Å². The van der Waals surface area contributed by atoms with Gasteiger partial charge in [0.25, 0.3) is 5.91 Å². The summed E-state index contributed by atoms with van der Waals surface area (Å²) >= 11 is 9.19. The molecule has 0 bridgehead atoms.